The van der Waals surface area contributed by atoms with Crippen LogP contribution in [0.25, 0.3) is 0 Å². The number of ketones is 1. The molecule has 1 aliphatic rings. The van der Waals surface area contributed by atoms with E-state index in [1.165, 1.54) is 5.56 Å². The molecule has 1 saturated heterocycles. The molecule has 0 spiro atoms. The van der Waals surface area contributed by atoms with E-state index in [4.69, 9.17) is 0 Å². The van der Waals surface area contributed by atoms with Gasteiger partial charge in [0.1, 0.15) is 0 Å². The second-order valence-corrected chi connectivity index (χ2v) is 5.28. The molecular weight excluding hydrogens is 224 g/mol. The summed E-state index contributed by atoms with van der Waals surface area (Å²) in [7, 11) is 0. The fourth-order valence-electron chi connectivity index (χ4n) is 2.39. The van der Waals surface area contributed by atoms with Gasteiger partial charge in [0, 0.05) is 32.1 Å². The third-order valence-electron chi connectivity index (χ3n) is 3.42. The zero-order valence-corrected chi connectivity index (χ0v) is 11.2. The van der Waals surface area contributed by atoms with Crippen LogP contribution in [-0.4, -0.2) is 36.4 Å². The molecule has 1 aromatic carbocycles. The lowest BCUT2D eigenvalue weighted by atomic mass is 10.00. The minimum atomic E-state index is 0.00228. The number of Topliss-reactive ketones (excluding diaryl/α,β-unsaturated/α-hetero) is 1. The molecule has 98 valence electrons. The maximum absolute atomic E-state index is 12.0. The molecule has 1 atom stereocenters. The van der Waals surface area contributed by atoms with Gasteiger partial charge in [0.05, 0.1) is 6.04 Å². The van der Waals surface area contributed by atoms with E-state index in [2.05, 4.69) is 34.5 Å². The van der Waals surface area contributed by atoms with Gasteiger partial charge in [-0.05, 0) is 5.56 Å². The lowest BCUT2D eigenvalue weighted by Crippen LogP contribution is -2.54. The quantitative estimate of drug-likeness (QED) is 0.877. The van der Waals surface area contributed by atoms with Gasteiger partial charge in [-0.1, -0.05) is 44.2 Å². The van der Waals surface area contributed by atoms with Gasteiger partial charge in [-0.2, -0.15) is 0 Å². The molecule has 0 aromatic heterocycles. The molecule has 18 heavy (non-hydrogen) atoms. The van der Waals surface area contributed by atoms with E-state index in [1.54, 1.807) is 0 Å². The zero-order valence-electron chi connectivity index (χ0n) is 11.2. The first kappa shape index (κ1) is 13.2. The molecule has 1 heterocycles. The standard InChI is InChI=1S/C15H22N2O/c1-12(2)15(18)14-11-17(9-8-16-14)10-13-6-4-3-5-7-13/h3-7,12,14,16H,8-11H2,1-2H3. The number of piperazine rings is 1. The summed E-state index contributed by atoms with van der Waals surface area (Å²) in [6.07, 6.45) is 0. The van der Waals surface area contributed by atoms with Crippen molar-refractivity contribution in [2.75, 3.05) is 19.6 Å². The Morgan fingerprint density at radius 2 is 2.11 bits per heavy atom. The van der Waals surface area contributed by atoms with Crippen molar-refractivity contribution in [2.45, 2.75) is 26.4 Å². The first-order chi connectivity index (χ1) is 8.66. The molecule has 1 aromatic rings. The molecule has 1 fully saturated rings. The van der Waals surface area contributed by atoms with Gasteiger partial charge < -0.3 is 5.32 Å². The van der Waals surface area contributed by atoms with E-state index in [0.717, 1.165) is 26.2 Å². The Balaban J connectivity index is 1.93. The summed E-state index contributed by atoms with van der Waals surface area (Å²) in [4.78, 5) is 14.4. The number of carbonyl (C=O) groups excluding carboxylic acids is 1. The van der Waals surface area contributed by atoms with Crippen molar-refractivity contribution in [3.63, 3.8) is 0 Å². The molecule has 3 nitrogen and oxygen atoms in total. The summed E-state index contributed by atoms with van der Waals surface area (Å²) < 4.78 is 0. The average Bonchev–Trinajstić information content (AvgIpc) is 2.39. The molecule has 3 heteroatoms. The number of nitrogens with zero attached hydrogens (tertiary/aromatic N) is 1. The largest absolute Gasteiger partial charge is 0.305 e. The molecule has 0 radical (unpaired) electrons. The van der Waals surface area contributed by atoms with Crippen molar-refractivity contribution in [1.82, 2.24) is 10.2 Å². The van der Waals surface area contributed by atoms with E-state index in [1.807, 2.05) is 19.9 Å². The molecule has 1 aliphatic heterocycles. The number of rotatable bonds is 4. The van der Waals surface area contributed by atoms with Gasteiger partial charge in [-0.15, -0.1) is 0 Å². The van der Waals surface area contributed by atoms with Gasteiger partial charge >= 0.3 is 0 Å². The summed E-state index contributed by atoms with van der Waals surface area (Å²) in [6, 6.07) is 10.4. The van der Waals surface area contributed by atoms with Crippen LogP contribution in [0.4, 0.5) is 0 Å². The molecule has 2 rings (SSSR count). The van der Waals surface area contributed by atoms with Gasteiger partial charge in [0.15, 0.2) is 5.78 Å². The highest BCUT2D eigenvalue weighted by Gasteiger charge is 2.26. The zero-order chi connectivity index (χ0) is 13.0. The monoisotopic (exact) mass is 246 g/mol. The van der Waals surface area contributed by atoms with Crippen molar-refractivity contribution < 1.29 is 4.79 Å². The van der Waals surface area contributed by atoms with Gasteiger partial charge in [-0.25, -0.2) is 0 Å². The Hall–Kier alpha value is -1.19. The van der Waals surface area contributed by atoms with E-state index >= 15 is 0 Å². The maximum atomic E-state index is 12.0. The lowest BCUT2D eigenvalue weighted by molar-refractivity contribution is -0.125. The predicted molar refractivity (Wildman–Crippen MR) is 73.4 cm³/mol. The van der Waals surface area contributed by atoms with Gasteiger partial charge in [-0.3, -0.25) is 9.69 Å². The van der Waals surface area contributed by atoms with Crippen LogP contribution in [0.3, 0.4) is 0 Å². The Kier molecular flexibility index (Phi) is 4.50. The molecule has 1 N–H and O–H groups in total. The van der Waals surface area contributed by atoms with Gasteiger partial charge in [0.25, 0.3) is 0 Å². The summed E-state index contributed by atoms with van der Waals surface area (Å²) in [5.74, 6) is 0.437. The first-order valence-corrected chi connectivity index (χ1v) is 6.70. The van der Waals surface area contributed by atoms with Crippen molar-refractivity contribution in [1.29, 1.82) is 0 Å². The van der Waals surface area contributed by atoms with Crippen molar-refractivity contribution in [3.8, 4) is 0 Å². The van der Waals surface area contributed by atoms with Crippen LogP contribution in [0.15, 0.2) is 30.3 Å². The highest BCUT2D eigenvalue weighted by molar-refractivity contribution is 5.86. The molecule has 0 saturated carbocycles. The maximum Gasteiger partial charge on any atom is 0.153 e. The fourth-order valence-corrected chi connectivity index (χ4v) is 2.39. The summed E-state index contributed by atoms with van der Waals surface area (Å²) in [5, 5.41) is 3.32. The van der Waals surface area contributed by atoms with E-state index in [-0.39, 0.29) is 12.0 Å². The Labute approximate surface area is 109 Å². The van der Waals surface area contributed by atoms with Crippen LogP contribution < -0.4 is 5.32 Å². The second kappa shape index (κ2) is 6.12. The topological polar surface area (TPSA) is 32.3 Å². The van der Waals surface area contributed by atoms with Crippen LogP contribution in [0, 0.1) is 5.92 Å². The van der Waals surface area contributed by atoms with Crippen LogP contribution >= 0.6 is 0 Å². The number of carbonyl (C=O) groups is 1. The van der Waals surface area contributed by atoms with E-state index < -0.39 is 0 Å². The van der Waals surface area contributed by atoms with Crippen molar-refractivity contribution in [3.05, 3.63) is 35.9 Å². The van der Waals surface area contributed by atoms with E-state index in [0.29, 0.717) is 5.78 Å². The number of benzene rings is 1. The molecular formula is C15H22N2O. The summed E-state index contributed by atoms with van der Waals surface area (Å²) in [6.45, 7) is 7.61. The smallest absolute Gasteiger partial charge is 0.153 e. The average molecular weight is 246 g/mol. The molecule has 0 amide bonds. The van der Waals surface area contributed by atoms with Crippen molar-refractivity contribution >= 4 is 5.78 Å². The van der Waals surface area contributed by atoms with Crippen LogP contribution in [0.1, 0.15) is 19.4 Å². The summed E-state index contributed by atoms with van der Waals surface area (Å²) in [5.41, 5.74) is 1.31. The van der Waals surface area contributed by atoms with Crippen LogP contribution in [0.2, 0.25) is 0 Å². The van der Waals surface area contributed by atoms with Crippen LogP contribution in [-0.2, 0) is 11.3 Å². The summed E-state index contributed by atoms with van der Waals surface area (Å²) >= 11 is 0. The predicted octanol–water partition coefficient (Wildman–Crippen LogP) is 1.69. The highest BCUT2D eigenvalue weighted by atomic mass is 16.1. The Bertz CT molecular complexity index is 389. The number of hydrogen-bond donors (Lipinski definition) is 1. The molecule has 1 unspecified atom stereocenters. The van der Waals surface area contributed by atoms with Crippen LogP contribution in [0.5, 0.6) is 0 Å². The molecule has 0 bridgehead atoms. The normalized spacial score (nSPS) is 21.2. The SMILES string of the molecule is CC(C)C(=O)C1CN(Cc2ccccc2)CCN1. The Morgan fingerprint density at radius 3 is 2.78 bits per heavy atom. The lowest BCUT2D eigenvalue weighted by Gasteiger charge is -2.33. The third kappa shape index (κ3) is 3.40. The number of nitrogens with one attached hydrogen (secondary N) is 1. The third-order valence-corrected chi connectivity index (χ3v) is 3.42. The highest BCUT2D eigenvalue weighted by Crippen LogP contribution is 2.10. The minimum absolute atomic E-state index is 0.00228. The minimum Gasteiger partial charge on any atom is -0.305 e. The Morgan fingerprint density at radius 1 is 1.39 bits per heavy atom. The molecule has 0 aliphatic carbocycles. The van der Waals surface area contributed by atoms with E-state index in [9.17, 15) is 4.79 Å². The number of hydrogen-bond acceptors (Lipinski definition) is 3. The second-order valence-electron chi connectivity index (χ2n) is 5.28. The first-order valence-electron chi connectivity index (χ1n) is 6.70. The van der Waals surface area contributed by atoms with Gasteiger partial charge in [0.2, 0.25) is 0 Å². The fraction of sp³-hybridized carbons (Fsp3) is 0.533. The van der Waals surface area contributed by atoms with Crippen molar-refractivity contribution in [2.24, 2.45) is 5.92 Å².